The van der Waals surface area contributed by atoms with Crippen LogP contribution in [0.15, 0.2) is 73.1 Å². The summed E-state index contributed by atoms with van der Waals surface area (Å²) in [5.74, 6) is -0.776. The van der Waals surface area contributed by atoms with Gasteiger partial charge < -0.3 is 10.4 Å². The highest BCUT2D eigenvalue weighted by Crippen LogP contribution is 2.23. The van der Waals surface area contributed by atoms with Gasteiger partial charge in [0.1, 0.15) is 5.82 Å². The largest absolute Gasteiger partial charge is 0.867 e. The van der Waals surface area contributed by atoms with E-state index in [1.165, 1.54) is 6.07 Å². The third kappa shape index (κ3) is 5.04. The molecule has 0 aliphatic rings. The number of nitrogens with one attached hydrogen (secondary N) is 1. The highest BCUT2D eigenvalue weighted by Gasteiger charge is 2.22. The monoisotopic (exact) mass is 440 g/mol. The maximum absolute atomic E-state index is 14.1. The molecule has 0 atom stereocenters. The summed E-state index contributed by atoms with van der Waals surface area (Å²) < 4.78 is 15.8. The van der Waals surface area contributed by atoms with Crippen molar-refractivity contribution in [3.8, 4) is 0 Å². The number of rotatable bonds is 4. The van der Waals surface area contributed by atoms with Crippen molar-refractivity contribution in [1.29, 1.82) is 0 Å². The number of hydrogen-bond acceptors (Lipinski definition) is 2. The Morgan fingerprint density at radius 3 is 2.30 bits per heavy atom. The average molecular weight is 441 g/mol. The van der Waals surface area contributed by atoms with Crippen molar-refractivity contribution >= 4 is 46.0 Å². The predicted octanol–water partition coefficient (Wildman–Crippen LogP) is 5.19. The summed E-state index contributed by atoms with van der Waals surface area (Å²) in [5, 5.41) is 16.7. The van der Waals surface area contributed by atoms with Crippen molar-refractivity contribution in [3.63, 3.8) is 0 Å². The first-order valence-corrected chi connectivity index (χ1v) is 10.2. The van der Waals surface area contributed by atoms with Crippen molar-refractivity contribution in [2.24, 2.45) is 0 Å². The van der Waals surface area contributed by atoms with Gasteiger partial charge in [-0.25, -0.2) is 4.39 Å². The Kier molecular flexibility index (Phi) is 6.54. The van der Waals surface area contributed by atoms with E-state index in [9.17, 15) is 9.50 Å². The third-order valence-corrected chi connectivity index (χ3v) is 5.12. The first kappa shape index (κ1) is 21.9. The minimum atomic E-state index is -0.456. The zero-order chi connectivity index (χ0) is 21.9. The molecule has 0 saturated heterocycles. The number of thiocarbonyl (C=S) groups is 1. The molecule has 154 valence electrons. The van der Waals surface area contributed by atoms with E-state index in [0.29, 0.717) is 10.6 Å². The maximum atomic E-state index is 14.1. The average Bonchev–Trinajstić information content (AvgIpc) is 2.69. The molecule has 1 aromatic heterocycles. The first-order valence-electron chi connectivity index (χ1n) is 9.42. The van der Waals surface area contributed by atoms with Gasteiger partial charge in [-0.1, -0.05) is 68.9 Å². The number of halogens is 2. The number of anilines is 1. The van der Waals surface area contributed by atoms with Crippen LogP contribution in [0.1, 0.15) is 31.9 Å². The second-order valence-electron chi connectivity index (χ2n) is 7.87. The Hall–Kier alpha value is -2.76. The lowest BCUT2D eigenvalue weighted by Crippen LogP contribution is -2.40. The highest BCUT2D eigenvalue weighted by atomic mass is 35.5. The second kappa shape index (κ2) is 8.94. The predicted molar refractivity (Wildman–Crippen MR) is 123 cm³/mol. The molecule has 0 fully saturated rings. The molecule has 0 amide bonds. The van der Waals surface area contributed by atoms with E-state index in [0.717, 1.165) is 5.56 Å². The van der Waals surface area contributed by atoms with Gasteiger partial charge in [-0.15, -0.1) is 0 Å². The van der Waals surface area contributed by atoms with Crippen LogP contribution in [0.2, 0.25) is 5.02 Å². The van der Waals surface area contributed by atoms with Crippen molar-refractivity contribution in [2.75, 3.05) is 5.32 Å². The number of pyridine rings is 1. The smallest absolute Gasteiger partial charge is 0.238 e. The molecule has 1 N–H and O–H groups in total. The van der Waals surface area contributed by atoms with Gasteiger partial charge in [-0.05, 0) is 46.6 Å². The molecule has 1 heterocycles. The lowest BCUT2D eigenvalue weighted by atomic mass is 9.88. The molecule has 0 unspecified atom stereocenters. The number of aromatic nitrogens is 1. The second-order valence-corrected chi connectivity index (χ2v) is 8.71. The van der Waals surface area contributed by atoms with Gasteiger partial charge in [0.05, 0.1) is 5.69 Å². The van der Waals surface area contributed by atoms with Crippen LogP contribution >= 0.6 is 23.8 Å². The topological polar surface area (TPSA) is 39.0 Å². The number of nitrogens with zero attached hydrogens (tertiary/aromatic N) is 1. The van der Waals surface area contributed by atoms with Crippen molar-refractivity contribution in [3.05, 3.63) is 95.0 Å². The zero-order valence-corrected chi connectivity index (χ0v) is 18.5. The number of hydrogen-bond donors (Lipinski definition) is 1. The van der Waals surface area contributed by atoms with Crippen molar-refractivity contribution < 1.29 is 14.1 Å². The quantitative estimate of drug-likeness (QED) is 0.262. The fourth-order valence-corrected chi connectivity index (χ4v) is 3.42. The first-order chi connectivity index (χ1) is 14.2. The SMILES string of the molecule is CC(C)(C)c1cc[n+](C(C(=S)Nc2ccccc2F)=C([O-])c2cccc(Cl)c2)cc1. The number of para-hydroxylation sites is 1. The van der Waals surface area contributed by atoms with Crippen LogP contribution in [0.3, 0.4) is 0 Å². The highest BCUT2D eigenvalue weighted by molar-refractivity contribution is 7.81. The minimum absolute atomic E-state index is 0.0395. The molecule has 0 aliphatic carbocycles. The zero-order valence-electron chi connectivity index (χ0n) is 16.9. The minimum Gasteiger partial charge on any atom is -0.867 e. The molecule has 3 nitrogen and oxygen atoms in total. The molecule has 0 aliphatic heterocycles. The van der Waals surface area contributed by atoms with Gasteiger partial charge in [-0.3, -0.25) is 0 Å². The van der Waals surface area contributed by atoms with E-state index >= 15 is 0 Å². The molecule has 3 rings (SSSR count). The van der Waals surface area contributed by atoms with Crippen LogP contribution in [0.25, 0.3) is 11.5 Å². The van der Waals surface area contributed by atoms with E-state index < -0.39 is 5.82 Å². The molecule has 2 aromatic carbocycles. The third-order valence-electron chi connectivity index (χ3n) is 4.59. The molecule has 0 saturated carbocycles. The molecule has 0 bridgehead atoms. The molecule has 30 heavy (non-hydrogen) atoms. The molecule has 0 radical (unpaired) electrons. The van der Waals surface area contributed by atoms with Gasteiger partial charge in [0.25, 0.3) is 0 Å². The molecule has 6 heteroatoms. The lowest BCUT2D eigenvalue weighted by molar-refractivity contribution is -0.577. The van der Waals surface area contributed by atoms with Crippen LogP contribution < -0.4 is 15.0 Å². The summed E-state index contributed by atoms with van der Waals surface area (Å²) in [6, 6.07) is 16.7. The van der Waals surface area contributed by atoms with E-state index in [1.54, 1.807) is 59.4 Å². The van der Waals surface area contributed by atoms with Gasteiger partial charge in [0.15, 0.2) is 17.4 Å². The van der Waals surface area contributed by atoms with Gasteiger partial charge in [-0.2, -0.15) is 4.57 Å². The van der Waals surface area contributed by atoms with E-state index in [-0.39, 0.29) is 27.5 Å². The Morgan fingerprint density at radius 2 is 1.70 bits per heavy atom. The van der Waals surface area contributed by atoms with Gasteiger partial charge >= 0.3 is 0 Å². The normalized spacial score (nSPS) is 12.3. The standard InChI is InChI=1S/C24H22ClFN2OS/c1-24(2,3)17-11-13-28(14-12-17)21(22(29)16-7-6-8-18(25)15-16)23(30)27-20-10-5-4-9-19(20)26/h4-15H,1-3H3,(H-,27,29,30). The summed E-state index contributed by atoms with van der Waals surface area (Å²) in [6.45, 7) is 6.33. The Labute approximate surface area is 186 Å². The van der Waals surface area contributed by atoms with Crippen molar-refractivity contribution in [1.82, 2.24) is 0 Å². The van der Waals surface area contributed by atoms with Gasteiger partial charge in [0, 0.05) is 17.2 Å². The van der Waals surface area contributed by atoms with Crippen LogP contribution in [0.5, 0.6) is 0 Å². The fraction of sp³-hybridized carbons (Fsp3) is 0.167. The van der Waals surface area contributed by atoms with E-state index in [1.807, 2.05) is 12.1 Å². The molecule has 0 spiro atoms. The van der Waals surface area contributed by atoms with Crippen LogP contribution in [0.4, 0.5) is 10.1 Å². The summed E-state index contributed by atoms with van der Waals surface area (Å²) in [7, 11) is 0. The van der Waals surface area contributed by atoms with E-state index in [4.69, 9.17) is 23.8 Å². The summed E-state index contributed by atoms with van der Waals surface area (Å²) in [4.78, 5) is 0.110. The molecular weight excluding hydrogens is 419 g/mol. The van der Waals surface area contributed by atoms with E-state index in [2.05, 4.69) is 26.1 Å². The summed E-state index contributed by atoms with van der Waals surface area (Å²) in [5.41, 5.74) is 1.87. The van der Waals surface area contributed by atoms with Crippen molar-refractivity contribution in [2.45, 2.75) is 26.2 Å². The lowest BCUT2D eigenvalue weighted by Gasteiger charge is -2.19. The Bertz CT molecular complexity index is 1100. The summed E-state index contributed by atoms with van der Waals surface area (Å²) in [6.07, 6.45) is 3.57. The van der Waals surface area contributed by atoms with Crippen LogP contribution in [-0.2, 0) is 5.41 Å². The van der Waals surface area contributed by atoms with Crippen LogP contribution in [0, 0.1) is 5.82 Å². The summed E-state index contributed by atoms with van der Waals surface area (Å²) >= 11 is 11.6. The number of benzene rings is 2. The maximum Gasteiger partial charge on any atom is 0.238 e. The molecular formula is C24H22ClFN2OS. The van der Waals surface area contributed by atoms with Gasteiger partial charge in [0.2, 0.25) is 5.70 Å². The Balaban J connectivity index is 2.10. The Morgan fingerprint density at radius 1 is 1.03 bits per heavy atom. The molecule has 3 aromatic rings. The fourth-order valence-electron chi connectivity index (χ4n) is 2.92. The van der Waals surface area contributed by atoms with Crippen LogP contribution in [-0.4, -0.2) is 4.99 Å².